The highest BCUT2D eigenvalue weighted by Crippen LogP contribution is 2.38. The molecule has 0 aromatic heterocycles. The minimum absolute atomic E-state index is 0.582. The number of hydrogen-bond acceptors (Lipinski definition) is 3. The van der Waals surface area contributed by atoms with Crippen LogP contribution < -0.4 is 11.1 Å². The molecule has 5 heteroatoms. The zero-order chi connectivity index (χ0) is 9.90. The Balaban J connectivity index is 3.28. The molecule has 0 radical (unpaired) electrons. The summed E-state index contributed by atoms with van der Waals surface area (Å²) >= 11 is 0. The lowest BCUT2D eigenvalue weighted by molar-refractivity contribution is 0.588. The lowest BCUT2D eigenvalue weighted by Gasteiger charge is -2.08. The topological polar surface area (TPSA) is 67.8 Å². The molecule has 1 aromatic carbocycles. The second kappa shape index (κ2) is 3.71. The molecule has 0 heterocycles. The quantitative estimate of drug-likeness (QED) is 0.340. The van der Waals surface area contributed by atoms with Crippen molar-refractivity contribution in [2.45, 2.75) is 0 Å². The summed E-state index contributed by atoms with van der Waals surface area (Å²) in [4.78, 5) is 0. The maximum absolute atomic E-state index is 11.8. The van der Waals surface area contributed by atoms with Crippen LogP contribution in [-0.4, -0.2) is 13.3 Å². The molecule has 70 valence electrons. The number of rotatable bonds is 2. The van der Waals surface area contributed by atoms with Crippen LogP contribution in [0.5, 0.6) is 0 Å². The SMILES string of the molecule is CP(C)(=O)c1ccccc1N=NN. The van der Waals surface area contributed by atoms with Crippen LogP contribution in [0.3, 0.4) is 0 Å². The second-order valence-electron chi connectivity index (χ2n) is 3.06. The van der Waals surface area contributed by atoms with Gasteiger partial charge in [0.25, 0.3) is 0 Å². The van der Waals surface area contributed by atoms with Gasteiger partial charge in [0, 0.05) is 5.30 Å². The third-order valence-electron chi connectivity index (χ3n) is 1.63. The summed E-state index contributed by atoms with van der Waals surface area (Å²) in [5, 5.41) is 7.60. The summed E-state index contributed by atoms with van der Waals surface area (Å²) in [7, 11) is -2.29. The molecule has 0 unspecified atom stereocenters. The van der Waals surface area contributed by atoms with Gasteiger partial charge >= 0.3 is 0 Å². The smallest absolute Gasteiger partial charge is 0.112 e. The molecule has 0 saturated carbocycles. The van der Waals surface area contributed by atoms with Crippen LogP contribution >= 0.6 is 7.14 Å². The fraction of sp³-hybridized carbons (Fsp3) is 0.250. The summed E-state index contributed by atoms with van der Waals surface area (Å²) in [6.07, 6.45) is 0. The Morgan fingerprint density at radius 2 is 1.92 bits per heavy atom. The zero-order valence-corrected chi connectivity index (χ0v) is 8.53. The normalized spacial score (nSPS) is 12.2. The van der Waals surface area contributed by atoms with Crippen molar-refractivity contribution in [2.75, 3.05) is 13.3 Å². The molecule has 4 nitrogen and oxygen atoms in total. The van der Waals surface area contributed by atoms with Gasteiger partial charge in [-0.15, -0.1) is 5.11 Å². The summed E-state index contributed by atoms with van der Waals surface area (Å²) in [6, 6.07) is 7.16. The summed E-state index contributed by atoms with van der Waals surface area (Å²) in [6.45, 7) is 3.38. The predicted octanol–water partition coefficient (Wildman–Crippen LogP) is 1.89. The van der Waals surface area contributed by atoms with Crippen LogP contribution in [0.25, 0.3) is 0 Å². The van der Waals surface area contributed by atoms with E-state index in [1.807, 2.05) is 12.1 Å². The van der Waals surface area contributed by atoms with E-state index in [0.717, 1.165) is 0 Å². The van der Waals surface area contributed by atoms with Gasteiger partial charge in [0.2, 0.25) is 0 Å². The second-order valence-corrected chi connectivity index (χ2v) is 6.24. The lowest BCUT2D eigenvalue weighted by atomic mass is 10.3. The monoisotopic (exact) mass is 197 g/mol. The van der Waals surface area contributed by atoms with Gasteiger partial charge in [-0.25, -0.2) is 0 Å². The van der Waals surface area contributed by atoms with E-state index in [1.54, 1.807) is 25.5 Å². The fourth-order valence-electron chi connectivity index (χ4n) is 1.07. The van der Waals surface area contributed by atoms with Gasteiger partial charge < -0.3 is 10.4 Å². The van der Waals surface area contributed by atoms with Gasteiger partial charge in [0.05, 0.1) is 5.69 Å². The molecule has 13 heavy (non-hydrogen) atoms. The van der Waals surface area contributed by atoms with Crippen molar-refractivity contribution < 1.29 is 4.57 Å². The van der Waals surface area contributed by atoms with Gasteiger partial charge in [-0.2, -0.15) is 0 Å². The molecule has 0 aliphatic carbocycles. The number of nitrogens with zero attached hydrogens (tertiary/aromatic N) is 2. The average Bonchev–Trinajstić information content (AvgIpc) is 2.04. The summed E-state index contributed by atoms with van der Waals surface area (Å²) in [5.74, 6) is 4.94. The molecule has 0 saturated heterocycles. The number of nitrogens with two attached hydrogens (primary N) is 1. The molecular formula is C8H12N3OP. The van der Waals surface area contributed by atoms with Gasteiger partial charge in [-0.1, -0.05) is 17.4 Å². The molecule has 0 fully saturated rings. The van der Waals surface area contributed by atoms with Crippen LogP contribution in [0.4, 0.5) is 5.69 Å². The van der Waals surface area contributed by atoms with Crippen LogP contribution in [0, 0.1) is 0 Å². The van der Waals surface area contributed by atoms with Gasteiger partial charge in [0.1, 0.15) is 7.14 Å². The Morgan fingerprint density at radius 1 is 1.31 bits per heavy atom. The Kier molecular flexibility index (Phi) is 2.83. The first-order chi connectivity index (χ1) is 6.05. The summed E-state index contributed by atoms with van der Waals surface area (Å²) in [5.41, 5.74) is 0.582. The van der Waals surface area contributed by atoms with Crippen molar-refractivity contribution in [2.24, 2.45) is 16.2 Å². The van der Waals surface area contributed by atoms with Gasteiger partial charge in [0.15, 0.2) is 0 Å². The highest BCUT2D eigenvalue weighted by atomic mass is 31.2. The van der Waals surface area contributed by atoms with E-state index in [2.05, 4.69) is 10.3 Å². The Morgan fingerprint density at radius 3 is 2.46 bits per heavy atom. The van der Waals surface area contributed by atoms with E-state index >= 15 is 0 Å². The first-order valence-corrected chi connectivity index (χ1v) is 6.41. The molecular weight excluding hydrogens is 185 g/mol. The number of benzene rings is 1. The van der Waals surface area contributed by atoms with Crippen LogP contribution in [-0.2, 0) is 4.57 Å². The molecule has 0 aliphatic heterocycles. The van der Waals surface area contributed by atoms with Crippen molar-refractivity contribution >= 4 is 18.1 Å². The molecule has 0 aliphatic rings. The Labute approximate surface area is 77.2 Å². The van der Waals surface area contributed by atoms with Crippen molar-refractivity contribution in [1.82, 2.24) is 0 Å². The highest BCUT2D eigenvalue weighted by molar-refractivity contribution is 7.70. The average molecular weight is 197 g/mol. The van der Waals surface area contributed by atoms with Gasteiger partial charge in [-0.05, 0) is 25.5 Å². The van der Waals surface area contributed by atoms with Crippen molar-refractivity contribution in [3.05, 3.63) is 24.3 Å². The maximum Gasteiger partial charge on any atom is 0.112 e. The standard InChI is InChI=1S/C8H12N3OP/c1-13(2,12)8-6-4-3-5-7(8)10-11-9/h3-6H,1-2H3,(H2,9,10). The molecule has 0 spiro atoms. The van der Waals surface area contributed by atoms with E-state index in [9.17, 15) is 4.57 Å². The van der Waals surface area contributed by atoms with Crippen LogP contribution in [0.15, 0.2) is 34.6 Å². The molecule has 1 rings (SSSR count). The van der Waals surface area contributed by atoms with E-state index in [-0.39, 0.29) is 0 Å². The third-order valence-corrected chi connectivity index (χ3v) is 3.17. The largest absolute Gasteiger partial charge is 0.319 e. The first kappa shape index (κ1) is 9.93. The molecule has 0 atom stereocenters. The van der Waals surface area contributed by atoms with Crippen molar-refractivity contribution in [3.63, 3.8) is 0 Å². The molecule has 1 aromatic rings. The number of hydrogen-bond donors (Lipinski definition) is 1. The fourth-order valence-corrected chi connectivity index (χ4v) is 2.18. The highest BCUT2D eigenvalue weighted by Gasteiger charge is 2.14. The van der Waals surface area contributed by atoms with Crippen LogP contribution in [0.2, 0.25) is 0 Å². The zero-order valence-electron chi connectivity index (χ0n) is 7.64. The molecule has 2 N–H and O–H groups in total. The Bertz CT molecular complexity index is 369. The summed E-state index contributed by atoms with van der Waals surface area (Å²) < 4.78 is 11.8. The first-order valence-electron chi connectivity index (χ1n) is 3.81. The van der Waals surface area contributed by atoms with E-state index in [1.165, 1.54) is 0 Å². The minimum atomic E-state index is -2.29. The lowest BCUT2D eigenvalue weighted by Crippen LogP contribution is -2.02. The van der Waals surface area contributed by atoms with E-state index < -0.39 is 7.14 Å². The molecule has 0 amide bonds. The van der Waals surface area contributed by atoms with Crippen molar-refractivity contribution in [1.29, 1.82) is 0 Å². The van der Waals surface area contributed by atoms with E-state index in [4.69, 9.17) is 5.84 Å². The third kappa shape index (κ3) is 2.39. The Hall–Kier alpha value is -1.15. The van der Waals surface area contributed by atoms with Gasteiger partial charge in [-0.3, -0.25) is 0 Å². The van der Waals surface area contributed by atoms with Crippen LogP contribution in [0.1, 0.15) is 0 Å². The van der Waals surface area contributed by atoms with Crippen molar-refractivity contribution in [3.8, 4) is 0 Å². The molecule has 0 bridgehead atoms. The maximum atomic E-state index is 11.8. The predicted molar refractivity (Wildman–Crippen MR) is 54.2 cm³/mol. The van der Waals surface area contributed by atoms with E-state index in [0.29, 0.717) is 11.0 Å². The minimum Gasteiger partial charge on any atom is -0.319 e.